The van der Waals surface area contributed by atoms with Gasteiger partial charge in [0.25, 0.3) is 15.7 Å². The molecular formula is C20H22N4O4S2. The lowest BCUT2D eigenvalue weighted by Gasteiger charge is -2.15. The highest BCUT2D eigenvalue weighted by Gasteiger charge is 2.23. The third-order valence-corrected chi connectivity index (χ3v) is 6.94. The predicted octanol–water partition coefficient (Wildman–Crippen LogP) is 4.95. The summed E-state index contributed by atoms with van der Waals surface area (Å²) in [6.45, 7) is 7.48. The lowest BCUT2D eigenvalue weighted by atomic mass is 10.1. The second kappa shape index (κ2) is 8.41. The van der Waals surface area contributed by atoms with E-state index in [-0.39, 0.29) is 22.3 Å². The zero-order chi connectivity index (χ0) is 22.1. The molecule has 2 N–H and O–H groups in total. The molecule has 1 unspecified atom stereocenters. The molecule has 0 bridgehead atoms. The number of aromatic nitrogens is 1. The Morgan fingerprint density at radius 2 is 1.80 bits per heavy atom. The van der Waals surface area contributed by atoms with Gasteiger partial charge in [0.1, 0.15) is 10.7 Å². The summed E-state index contributed by atoms with van der Waals surface area (Å²) in [6.07, 6.45) is 1.74. The van der Waals surface area contributed by atoms with Crippen molar-refractivity contribution >= 4 is 38.4 Å². The third-order valence-electron chi connectivity index (χ3n) is 4.48. The molecule has 10 heteroatoms. The highest BCUT2D eigenvalue weighted by atomic mass is 32.2. The van der Waals surface area contributed by atoms with E-state index in [0.717, 1.165) is 27.1 Å². The molecule has 0 aliphatic carbocycles. The van der Waals surface area contributed by atoms with Gasteiger partial charge in [-0.2, -0.15) is 0 Å². The van der Waals surface area contributed by atoms with Gasteiger partial charge < -0.3 is 5.32 Å². The lowest BCUT2D eigenvalue weighted by Crippen LogP contribution is -2.15. The standard InChI is InChI=1S/C20H22N4O4S2/c1-12-5-7-17(13(2)9-12)23-30(27,28)16-6-8-18(19(10-16)24(25)26)22-15(4)20-21-11-14(3)29-20/h5-11,15,22-23H,1-4H3. The molecule has 1 aromatic heterocycles. The second-order valence-corrected chi connectivity index (χ2v) is 9.98. The minimum Gasteiger partial charge on any atom is -0.371 e. The van der Waals surface area contributed by atoms with E-state index in [0.29, 0.717) is 5.69 Å². The van der Waals surface area contributed by atoms with E-state index >= 15 is 0 Å². The van der Waals surface area contributed by atoms with E-state index in [2.05, 4.69) is 15.0 Å². The molecule has 1 atom stereocenters. The topological polar surface area (TPSA) is 114 Å². The van der Waals surface area contributed by atoms with Gasteiger partial charge in [0.05, 0.1) is 21.5 Å². The Morgan fingerprint density at radius 1 is 1.10 bits per heavy atom. The average molecular weight is 447 g/mol. The second-order valence-electron chi connectivity index (χ2n) is 7.04. The number of rotatable bonds is 7. The van der Waals surface area contributed by atoms with E-state index in [1.54, 1.807) is 25.3 Å². The van der Waals surface area contributed by atoms with Gasteiger partial charge in [0.15, 0.2) is 0 Å². The first-order chi connectivity index (χ1) is 14.1. The van der Waals surface area contributed by atoms with E-state index in [1.165, 1.54) is 23.5 Å². The van der Waals surface area contributed by atoms with Crippen LogP contribution in [0, 0.1) is 30.9 Å². The number of nitro groups is 1. The van der Waals surface area contributed by atoms with Crippen molar-refractivity contribution in [1.82, 2.24) is 4.98 Å². The Bertz CT molecular complexity index is 1210. The van der Waals surface area contributed by atoms with Crippen LogP contribution in [-0.2, 0) is 10.0 Å². The number of anilines is 2. The van der Waals surface area contributed by atoms with Crippen LogP contribution >= 0.6 is 11.3 Å². The van der Waals surface area contributed by atoms with Crippen LogP contribution in [0.3, 0.4) is 0 Å². The fourth-order valence-corrected chi connectivity index (χ4v) is 4.88. The molecule has 0 aliphatic rings. The van der Waals surface area contributed by atoms with Crippen molar-refractivity contribution in [2.75, 3.05) is 10.0 Å². The number of nitro benzene ring substituents is 1. The summed E-state index contributed by atoms with van der Waals surface area (Å²) in [6, 6.07) is 8.88. The van der Waals surface area contributed by atoms with Gasteiger partial charge in [-0.05, 0) is 51.5 Å². The molecule has 2 aromatic carbocycles. The molecule has 3 rings (SSSR count). The number of hydrogen-bond donors (Lipinski definition) is 2. The molecule has 30 heavy (non-hydrogen) atoms. The summed E-state index contributed by atoms with van der Waals surface area (Å²) in [5.41, 5.74) is 2.10. The van der Waals surface area contributed by atoms with E-state index < -0.39 is 14.9 Å². The van der Waals surface area contributed by atoms with Crippen molar-refractivity contribution in [3.8, 4) is 0 Å². The zero-order valence-electron chi connectivity index (χ0n) is 17.0. The Balaban J connectivity index is 1.91. The van der Waals surface area contributed by atoms with Crippen molar-refractivity contribution in [2.45, 2.75) is 38.6 Å². The Hall–Kier alpha value is -2.98. The maximum absolute atomic E-state index is 12.8. The van der Waals surface area contributed by atoms with Crippen LogP contribution in [0.5, 0.6) is 0 Å². The van der Waals surface area contributed by atoms with Crippen molar-refractivity contribution in [2.24, 2.45) is 0 Å². The van der Waals surface area contributed by atoms with Gasteiger partial charge in [-0.1, -0.05) is 17.7 Å². The summed E-state index contributed by atoms with van der Waals surface area (Å²) in [7, 11) is -3.99. The van der Waals surface area contributed by atoms with Crippen LogP contribution < -0.4 is 10.0 Å². The first kappa shape index (κ1) is 21.7. The van der Waals surface area contributed by atoms with Crippen molar-refractivity contribution in [1.29, 1.82) is 0 Å². The van der Waals surface area contributed by atoms with Crippen LogP contribution in [0.25, 0.3) is 0 Å². The Morgan fingerprint density at radius 3 is 2.40 bits per heavy atom. The normalized spacial score (nSPS) is 12.4. The molecular weight excluding hydrogens is 424 g/mol. The summed E-state index contributed by atoms with van der Waals surface area (Å²) >= 11 is 1.49. The minimum absolute atomic E-state index is 0.183. The summed E-state index contributed by atoms with van der Waals surface area (Å²) in [5, 5.41) is 15.5. The van der Waals surface area contributed by atoms with Gasteiger partial charge in [0.2, 0.25) is 0 Å². The van der Waals surface area contributed by atoms with Gasteiger partial charge in [-0.3, -0.25) is 14.8 Å². The van der Waals surface area contributed by atoms with Gasteiger partial charge in [-0.15, -0.1) is 11.3 Å². The van der Waals surface area contributed by atoms with E-state index in [1.807, 2.05) is 26.8 Å². The van der Waals surface area contributed by atoms with E-state index in [9.17, 15) is 18.5 Å². The quantitative estimate of drug-likeness (QED) is 0.392. The molecule has 0 radical (unpaired) electrons. The van der Waals surface area contributed by atoms with Crippen LogP contribution in [0.15, 0.2) is 47.5 Å². The molecule has 0 fully saturated rings. The Labute approximate surface area is 179 Å². The smallest absolute Gasteiger partial charge is 0.293 e. The molecule has 0 saturated heterocycles. The third kappa shape index (κ3) is 4.77. The molecule has 0 amide bonds. The minimum atomic E-state index is -3.99. The monoisotopic (exact) mass is 446 g/mol. The molecule has 158 valence electrons. The number of sulfonamides is 1. The summed E-state index contributed by atoms with van der Waals surface area (Å²) in [4.78, 5) is 16.1. The van der Waals surface area contributed by atoms with Crippen LogP contribution in [-0.4, -0.2) is 18.3 Å². The lowest BCUT2D eigenvalue weighted by molar-refractivity contribution is -0.384. The summed E-state index contributed by atoms with van der Waals surface area (Å²) < 4.78 is 28.1. The molecule has 0 aliphatic heterocycles. The largest absolute Gasteiger partial charge is 0.371 e. The number of benzene rings is 2. The van der Waals surface area contributed by atoms with Gasteiger partial charge in [-0.25, -0.2) is 13.4 Å². The predicted molar refractivity (Wildman–Crippen MR) is 119 cm³/mol. The van der Waals surface area contributed by atoms with Gasteiger partial charge in [0, 0.05) is 17.1 Å². The molecule has 3 aromatic rings. The fourth-order valence-electron chi connectivity index (χ4n) is 2.95. The summed E-state index contributed by atoms with van der Waals surface area (Å²) in [5.74, 6) is 0. The van der Waals surface area contributed by atoms with Crippen LogP contribution in [0.4, 0.5) is 17.1 Å². The Kier molecular flexibility index (Phi) is 6.09. The highest BCUT2D eigenvalue weighted by Crippen LogP contribution is 2.32. The highest BCUT2D eigenvalue weighted by molar-refractivity contribution is 7.92. The fraction of sp³-hybridized carbons (Fsp3) is 0.250. The number of nitrogens with zero attached hydrogens (tertiary/aromatic N) is 2. The first-order valence-electron chi connectivity index (χ1n) is 9.14. The van der Waals surface area contributed by atoms with Crippen molar-refractivity contribution in [3.05, 3.63) is 73.7 Å². The molecule has 8 nitrogen and oxygen atoms in total. The number of thiazole rings is 1. The van der Waals surface area contributed by atoms with E-state index in [4.69, 9.17) is 0 Å². The zero-order valence-corrected chi connectivity index (χ0v) is 18.6. The van der Waals surface area contributed by atoms with Crippen molar-refractivity contribution in [3.63, 3.8) is 0 Å². The number of aryl methyl sites for hydroxylation is 3. The van der Waals surface area contributed by atoms with Crippen LogP contribution in [0.1, 0.15) is 34.0 Å². The maximum atomic E-state index is 12.8. The molecule has 1 heterocycles. The first-order valence-corrected chi connectivity index (χ1v) is 11.4. The SMILES string of the molecule is Cc1ccc(NS(=O)(=O)c2ccc(NC(C)c3ncc(C)s3)c([N+](=O)[O-])c2)c(C)c1. The number of nitrogens with one attached hydrogen (secondary N) is 2. The number of hydrogen-bond acceptors (Lipinski definition) is 7. The molecule has 0 spiro atoms. The van der Waals surface area contributed by atoms with Gasteiger partial charge >= 0.3 is 0 Å². The van der Waals surface area contributed by atoms with Crippen molar-refractivity contribution < 1.29 is 13.3 Å². The molecule has 0 saturated carbocycles. The average Bonchev–Trinajstić information content (AvgIpc) is 3.10. The van der Waals surface area contributed by atoms with Crippen LogP contribution in [0.2, 0.25) is 0 Å². The maximum Gasteiger partial charge on any atom is 0.293 e.